The van der Waals surface area contributed by atoms with E-state index in [1.165, 1.54) is 11.3 Å². The maximum atomic E-state index is 12.7. The summed E-state index contributed by atoms with van der Waals surface area (Å²) < 4.78 is 0. The van der Waals surface area contributed by atoms with E-state index >= 15 is 0 Å². The van der Waals surface area contributed by atoms with Crippen LogP contribution in [-0.4, -0.2) is 65.9 Å². The van der Waals surface area contributed by atoms with E-state index in [0.717, 1.165) is 38.9 Å². The number of hydrogen-bond donors (Lipinski definition) is 2. The summed E-state index contributed by atoms with van der Waals surface area (Å²) in [7, 11) is 0. The maximum absolute atomic E-state index is 12.7. The summed E-state index contributed by atoms with van der Waals surface area (Å²) in [6, 6.07) is -0.342. The molecule has 2 N–H and O–H groups in total. The molecule has 3 aliphatic rings. The molecule has 2 unspecified atom stereocenters. The Balaban J connectivity index is 1.39. The van der Waals surface area contributed by atoms with Crippen molar-refractivity contribution in [2.24, 2.45) is 11.8 Å². The number of nitrogens with one attached hydrogen (secondary N) is 2. The first kappa shape index (κ1) is 20.1. The zero-order valence-electron chi connectivity index (χ0n) is 16.8. The Kier molecular flexibility index (Phi) is 6.40. The van der Waals surface area contributed by atoms with Gasteiger partial charge in [-0.2, -0.15) is 0 Å². The van der Waals surface area contributed by atoms with E-state index < -0.39 is 5.54 Å². The molecule has 7 nitrogen and oxygen atoms in total. The van der Waals surface area contributed by atoms with Crippen LogP contribution in [0.4, 0.5) is 4.79 Å². The van der Waals surface area contributed by atoms with Crippen molar-refractivity contribution in [2.75, 3.05) is 32.7 Å². The molecule has 7 heteroatoms. The van der Waals surface area contributed by atoms with Crippen LogP contribution in [0.1, 0.15) is 58.8 Å². The minimum Gasteiger partial charge on any atom is -0.355 e. The van der Waals surface area contributed by atoms with E-state index in [-0.39, 0.29) is 30.8 Å². The van der Waals surface area contributed by atoms with Crippen molar-refractivity contribution in [2.45, 2.75) is 64.3 Å². The smallest absolute Gasteiger partial charge is 0.325 e. The highest BCUT2D eigenvalue weighted by Gasteiger charge is 2.51. The van der Waals surface area contributed by atoms with Crippen LogP contribution in [0, 0.1) is 11.8 Å². The van der Waals surface area contributed by atoms with Crippen LogP contribution in [0.5, 0.6) is 0 Å². The van der Waals surface area contributed by atoms with Gasteiger partial charge in [0.05, 0.1) is 0 Å². The Labute approximate surface area is 162 Å². The first-order valence-corrected chi connectivity index (χ1v) is 10.5. The zero-order valence-corrected chi connectivity index (χ0v) is 16.8. The summed E-state index contributed by atoms with van der Waals surface area (Å²) in [6.45, 7) is 8.36. The fourth-order valence-electron chi connectivity index (χ4n) is 5.00. The van der Waals surface area contributed by atoms with Gasteiger partial charge in [-0.25, -0.2) is 4.79 Å². The van der Waals surface area contributed by atoms with Crippen molar-refractivity contribution in [3.05, 3.63) is 0 Å². The minimum atomic E-state index is -0.701. The number of likely N-dealkylation sites (tertiary alicyclic amines) is 1. The molecular formula is C20H34N4O3. The third-order valence-corrected chi connectivity index (χ3v) is 6.21. The lowest BCUT2D eigenvalue weighted by molar-refractivity contribution is -0.132. The largest absolute Gasteiger partial charge is 0.355 e. The molecule has 3 rings (SSSR count). The predicted octanol–water partition coefficient (Wildman–Crippen LogP) is 1.73. The number of imide groups is 1. The molecule has 0 radical (unpaired) electrons. The van der Waals surface area contributed by atoms with Gasteiger partial charge in [-0.15, -0.1) is 0 Å². The first-order valence-electron chi connectivity index (χ1n) is 10.5. The quantitative estimate of drug-likeness (QED) is 0.690. The molecule has 27 heavy (non-hydrogen) atoms. The van der Waals surface area contributed by atoms with Crippen LogP contribution < -0.4 is 10.6 Å². The van der Waals surface area contributed by atoms with Gasteiger partial charge in [0.15, 0.2) is 0 Å². The monoisotopic (exact) mass is 378 g/mol. The zero-order chi connectivity index (χ0) is 19.4. The number of urea groups is 1. The molecular weight excluding hydrogens is 344 g/mol. The van der Waals surface area contributed by atoms with Gasteiger partial charge in [-0.3, -0.25) is 14.5 Å². The van der Waals surface area contributed by atoms with Crippen LogP contribution in [-0.2, 0) is 9.59 Å². The van der Waals surface area contributed by atoms with Gasteiger partial charge >= 0.3 is 6.03 Å². The Morgan fingerprint density at radius 1 is 1.11 bits per heavy atom. The number of rotatable bonds is 6. The van der Waals surface area contributed by atoms with E-state index in [2.05, 4.69) is 29.4 Å². The Bertz CT molecular complexity index is 564. The van der Waals surface area contributed by atoms with Crippen molar-refractivity contribution >= 4 is 17.8 Å². The molecule has 2 heterocycles. The predicted molar refractivity (Wildman–Crippen MR) is 103 cm³/mol. The van der Waals surface area contributed by atoms with E-state index in [1.54, 1.807) is 0 Å². The Morgan fingerprint density at radius 2 is 1.78 bits per heavy atom. The van der Waals surface area contributed by atoms with Gasteiger partial charge in [-0.1, -0.05) is 33.1 Å². The molecule has 0 aromatic carbocycles. The molecule has 0 aromatic rings. The van der Waals surface area contributed by atoms with E-state index in [4.69, 9.17) is 0 Å². The lowest BCUT2D eigenvalue weighted by Crippen LogP contribution is -2.48. The second-order valence-electron chi connectivity index (χ2n) is 8.84. The van der Waals surface area contributed by atoms with E-state index in [0.29, 0.717) is 31.2 Å². The standard InChI is InChI=1S/C20H34N4O3/c1-15-12-16(2)14-23(13-15)11-9-21-17(25)6-10-24-18(26)20(22-19(24)27)7-4-3-5-8-20/h15-16H,3-14H2,1-2H3,(H,21,25)(H,22,27). The molecule has 2 atom stereocenters. The molecule has 1 saturated carbocycles. The summed E-state index contributed by atoms with van der Waals surface area (Å²) in [5.41, 5.74) is -0.701. The van der Waals surface area contributed by atoms with Crippen LogP contribution in [0.15, 0.2) is 0 Å². The van der Waals surface area contributed by atoms with E-state index in [1.807, 2.05) is 0 Å². The molecule has 2 saturated heterocycles. The summed E-state index contributed by atoms with van der Waals surface area (Å²) in [4.78, 5) is 40.7. The van der Waals surface area contributed by atoms with Crippen molar-refractivity contribution < 1.29 is 14.4 Å². The highest BCUT2D eigenvalue weighted by Crippen LogP contribution is 2.33. The minimum absolute atomic E-state index is 0.0988. The number of nitrogens with zero attached hydrogens (tertiary/aromatic N) is 2. The average molecular weight is 379 g/mol. The molecule has 2 aliphatic heterocycles. The topological polar surface area (TPSA) is 81.8 Å². The normalized spacial score (nSPS) is 28.4. The van der Waals surface area contributed by atoms with Crippen molar-refractivity contribution in [3.63, 3.8) is 0 Å². The summed E-state index contributed by atoms with van der Waals surface area (Å²) in [6.07, 6.45) is 5.92. The van der Waals surface area contributed by atoms with Gasteiger partial charge in [0.25, 0.3) is 5.91 Å². The van der Waals surface area contributed by atoms with Gasteiger partial charge < -0.3 is 15.5 Å². The van der Waals surface area contributed by atoms with E-state index in [9.17, 15) is 14.4 Å². The van der Waals surface area contributed by atoms with Gasteiger partial charge in [-0.05, 0) is 31.1 Å². The summed E-state index contributed by atoms with van der Waals surface area (Å²) >= 11 is 0. The Hall–Kier alpha value is -1.63. The fourth-order valence-corrected chi connectivity index (χ4v) is 5.00. The third-order valence-electron chi connectivity index (χ3n) is 6.21. The van der Waals surface area contributed by atoms with Crippen molar-refractivity contribution in [3.8, 4) is 0 Å². The molecule has 3 fully saturated rings. The van der Waals surface area contributed by atoms with Crippen LogP contribution >= 0.6 is 0 Å². The number of carbonyl (C=O) groups is 3. The number of amides is 4. The van der Waals surface area contributed by atoms with Crippen LogP contribution in [0.25, 0.3) is 0 Å². The van der Waals surface area contributed by atoms with Gasteiger partial charge in [0.1, 0.15) is 5.54 Å². The summed E-state index contributed by atoms with van der Waals surface area (Å²) in [5, 5.41) is 5.82. The van der Waals surface area contributed by atoms with Crippen LogP contribution in [0.3, 0.4) is 0 Å². The van der Waals surface area contributed by atoms with Crippen molar-refractivity contribution in [1.29, 1.82) is 0 Å². The number of piperidine rings is 1. The highest BCUT2D eigenvalue weighted by molar-refractivity contribution is 6.07. The maximum Gasteiger partial charge on any atom is 0.325 e. The fraction of sp³-hybridized carbons (Fsp3) is 0.850. The number of hydrogen-bond acceptors (Lipinski definition) is 4. The molecule has 0 aromatic heterocycles. The third kappa shape index (κ3) is 4.81. The van der Waals surface area contributed by atoms with Gasteiger partial charge in [0, 0.05) is 39.1 Å². The molecule has 152 valence electrons. The second kappa shape index (κ2) is 8.59. The van der Waals surface area contributed by atoms with Crippen LogP contribution in [0.2, 0.25) is 0 Å². The second-order valence-corrected chi connectivity index (χ2v) is 8.84. The molecule has 0 bridgehead atoms. The molecule has 4 amide bonds. The Morgan fingerprint density at radius 3 is 2.44 bits per heavy atom. The lowest BCUT2D eigenvalue weighted by atomic mass is 9.82. The first-order chi connectivity index (χ1) is 12.9. The highest BCUT2D eigenvalue weighted by atomic mass is 16.2. The van der Waals surface area contributed by atoms with Crippen molar-refractivity contribution in [1.82, 2.24) is 20.4 Å². The summed E-state index contributed by atoms with van der Waals surface area (Å²) in [5.74, 6) is 1.17. The molecule has 1 spiro atoms. The number of carbonyl (C=O) groups excluding carboxylic acids is 3. The lowest BCUT2D eigenvalue weighted by Gasteiger charge is -2.34. The molecule has 1 aliphatic carbocycles. The van der Waals surface area contributed by atoms with Gasteiger partial charge in [0.2, 0.25) is 5.91 Å². The average Bonchev–Trinajstić information content (AvgIpc) is 2.83. The SMILES string of the molecule is CC1CC(C)CN(CCNC(=O)CCN2C(=O)NC3(CCCCC3)C2=O)C1.